The van der Waals surface area contributed by atoms with Crippen molar-refractivity contribution in [2.24, 2.45) is 0 Å². The fourth-order valence-corrected chi connectivity index (χ4v) is 3.30. The summed E-state index contributed by atoms with van der Waals surface area (Å²) in [6.45, 7) is 2.95. The van der Waals surface area contributed by atoms with Gasteiger partial charge in [0.1, 0.15) is 5.82 Å². The summed E-state index contributed by atoms with van der Waals surface area (Å²) in [5.41, 5.74) is 2.09. The number of carbonyl (C=O) groups is 1. The fraction of sp³-hybridized carbons (Fsp3) is 0.400. The maximum atomic E-state index is 12.1. The molecule has 0 bridgehead atoms. The molecule has 0 spiro atoms. The minimum atomic E-state index is 0.0336. The van der Waals surface area contributed by atoms with E-state index in [4.69, 9.17) is 9.47 Å². The number of anilines is 1. The molecule has 0 saturated carbocycles. The summed E-state index contributed by atoms with van der Waals surface area (Å²) in [5.74, 6) is 2.59. The zero-order valence-corrected chi connectivity index (χ0v) is 14.7. The second-order valence-electron chi connectivity index (χ2n) is 6.68. The molecular formula is C20H23N3O3. The molecule has 1 N–H and O–H groups in total. The number of fused-ring (bicyclic) bond motifs is 1. The van der Waals surface area contributed by atoms with Crippen molar-refractivity contribution in [2.45, 2.75) is 32.2 Å². The number of nitrogens with one attached hydrogen (secondary N) is 1. The number of aromatic nitrogens is 1. The molecule has 2 aliphatic rings. The van der Waals surface area contributed by atoms with Crippen LogP contribution in [-0.2, 0) is 17.8 Å². The third-order valence-electron chi connectivity index (χ3n) is 4.81. The second-order valence-corrected chi connectivity index (χ2v) is 6.68. The Balaban J connectivity index is 1.23. The molecule has 3 heterocycles. The minimum Gasteiger partial charge on any atom is -0.454 e. The van der Waals surface area contributed by atoms with Crippen LogP contribution in [0, 0.1) is 0 Å². The first kappa shape index (κ1) is 16.7. The Kier molecular flexibility index (Phi) is 4.91. The van der Waals surface area contributed by atoms with Gasteiger partial charge < -0.3 is 19.7 Å². The van der Waals surface area contributed by atoms with Crippen LogP contribution in [0.15, 0.2) is 36.5 Å². The van der Waals surface area contributed by atoms with Crippen molar-refractivity contribution >= 4 is 11.7 Å². The number of ether oxygens (including phenoxy) is 2. The van der Waals surface area contributed by atoms with Crippen molar-refractivity contribution in [3.63, 3.8) is 0 Å². The second kappa shape index (κ2) is 7.64. The zero-order valence-electron chi connectivity index (χ0n) is 14.7. The summed E-state index contributed by atoms with van der Waals surface area (Å²) in [5, 5.41) is 2.96. The van der Waals surface area contributed by atoms with Crippen LogP contribution in [0.1, 0.15) is 30.4 Å². The van der Waals surface area contributed by atoms with Crippen molar-refractivity contribution < 1.29 is 14.3 Å². The van der Waals surface area contributed by atoms with Gasteiger partial charge in [0.05, 0.1) is 0 Å². The normalized spacial score (nSPS) is 15.3. The molecule has 136 valence electrons. The summed E-state index contributed by atoms with van der Waals surface area (Å²) >= 11 is 0. The van der Waals surface area contributed by atoms with Gasteiger partial charge in [-0.3, -0.25) is 4.79 Å². The first-order valence-electron chi connectivity index (χ1n) is 9.13. The number of nitrogens with zero attached hydrogens (tertiary/aromatic N) is 2. The van der Waals surface area contributed by atoms with Gasteiger partial charge in [-0.2, -0.15) is 0 Å². The molecule has 0 radical (unpaired) electrons. The van der Waals surface area contributed by atoms with Crippen LogP contribution in [0.5, 0.6) is 11.5 Å². The molecule has 0 atom stereocenters. The minimum absolute atomic E-state index is 0.0336. The molecule has 26 heavy (non-hydrogen) atoms. The van der Waals surface area contributed by atoms with E-state index in [1.165, 1.54) is 12.8 Å². The van der Waals surface area contributed by atoms with Gasteiger partial charge in [-0.25, -0.2) is 4.98 Å². The molecule has 1 amide bonds. The van der Waals surface area contributed by atoms with Gasteiger partial charge in [-0.05, 0) is 48.6 Å². The average Bonchev–Trinajstić information content (AvgIpc) is 3.36. The highest BCUT2D eigenvalue weighted by Gasteiger charge is 2.14. The lowest BCUT2D eigenvalue weighted by molar-refractivity contribution is -0.121. The van der Waals surface area contributed by atoms with Crippen LogP contribution in [-0.4, -0.2) is 30.8 Å². The van der Waals surface area contributed by atoms with E-state index in [1.807, 2.05) is 36.5 Å². The van der Waals surface area contributed by atoms with Gasteiger partial charge in [0, 0.05) is 32.3 Å². The summed E-state index contributed by atoms with van der Waals surface area (Å²) < 4.78 is 10.7. The highest BCUT2D eigenvalue weighted by molar-refractivity contribution is 5.76. The van der Waals surface area contributed by atoms with Gasteiger partial charge in [0.2, 0.25) is 12.7 Å². The summed E-state index contributed by atoms with van der Waals surface area (Å²) in [6, 6.07) is 9.89. The smallest absolute Gasteiger partial charge is 0.231 e. The maximum Gasteiger partial charge on any atom is 0.231 e. The van der Waals surface area contributed by atoms with Crippen molar-refractivity contribution in [1.82, 2.24) is 10.3 Å². The number of amides is 1. The molecular weight excluding hydrogens is 330 g/mol. The number of aryl methyl sites for hydroxylation is 1. The number of hydrogen-bond acceptors (Lipinski definition) is 5. The fourth-order valence-electron chi connectivity index (χ4n) is 3.30. The van der Waals surface area contributed by atoms with Gasteiger partial charge in [-0.1, -0.05) is 12.1 Å². The lowest BCUT2D eigenvalue weighted by Gasteiger charge is -2.16. The number of pyridine rings is 1. The average molecular weight is 353 g/mol. The molecule has 1 saturated heterocycles. The van der Waals surface area contributed by atoms with E-state index in [0.717, 1.165) is 41.5 Å². The monoisotopic (exact) mass is 353 g/mol. The van der Waals surface area contributed by atoms with Crippen LogP contribution in [0.4, 0.5) is 5.82 Å². The van der Waals surface area contributed by atoms with Crippen molar-refractivity contribution in [3.8, 4) is 11.5 Å². The van der Waals surface area contributed by atoms with E-state index >= 15 is 0 Å². The summed E-state index contributed by atoms with van der Waals surface area (Å²) in [6.07, 6.45) is 5.45. The topological polar surface area (TPSA) is 63.7 Å². The molecule has 1 aromatic heterocycles. The van der Waals surface area contributed by atoms with Gasteiger partial charge in [0.15, 0.2) is 11.5 Å². The van der Waals surface area contributed by atoms with Gasteiger partial charge in [0.25, 0.3) is 0 Å². The highest BCUT2D eigenvalue weighted by Crippen LogP contribution is 2.32. The van der Waals surface area contributed by atoms with E-state index in [-0.39, 0.29) is 12.7 Å². The maximum absolute atomic E-state index is 12.1. The van der Waals surface area contributed by atoms with E-state index in [1.54, 1.807) is 0 Å². The Morgan fingerprint density at radius 3 is 2.69 bits per heavy atom. The Morgan fingerprint density at radius 2 is 1.88 bits per heavy atom. The molecule has 6 heteroatoms. The predicted molar refractivity (Wildman–Crippen MR) is 98.4 cm³/mol. The molecule has 2 aliphatic heterocycles. The number of hydrogen-bond donors (Lipinski definition) is 1. The third kappa shape index (κ3) is 3.90. The standard InChI is InChI=1S/C20H23N3O3/c24-20(8-5-15-3-6-17-18(11-15)26-14-25-17)22-13-16-4-7-19(21-12-16)23-9-1-2-10-23/h3-4,6-7,11-12H,1-2,5,8-10,13-14H2,(H,22,24). The largest absolute Gasteiger partial charge is 0.454 e. The third-order valence-corrected chi connectivity index (χ3v) is 4.81. The Bertz CT molecular complexity index is 770. The molecule has 6 nitrogen and oxygen atoms in total. The summed E-state index contributed by atoms with van der Waals surface area (Å²) in [7, 11) is 0. The first-order chi connectivity index (χ1) is 12.8. The molecule has 0 aliphatic carbocycles. The Morgan fingerprint density at radius 1 is 1.08 bits per heavy atom. The SMILES string of the molecule is O=C(CCc1ccc2c(c1)OCO2)NCc1ccc(N2CCCC2)nc1. The molecule has 2 aromatic rings. The number of benzene rings is 1. The first-order valence-corrected chi connectivity index (χ1v) is 9.13. The molecule has 4 rings (SSSR count). The number of carbonyl (C=O) groups excluding carboxylic acids is 1. The van der Waals surface area contributed by atoms with Crippen molar-refractivity contribution in [3.05, 3.63) is 47.7 Å². The predicted octanol–water partition coefficient (Wildman–Crippen LogP) is 2.66. The number of rotatable bonds is 6. The molecule has 0 unspecified atom stereocenters. The molecule has 1 fully saturated rings. The Labute approximate surface area is 153 Å². The zero-order chi connectivity index (χ0) is 17.8. The van der Waals surface area contributed by atoms with Crippen LogP contribution < -0.4 is 19.7 Å². The van der Waals surface area contributed by atoms with Crippen molar-refractivity contribution in [2.75, 3.05) is 24.8 Å². The van der Waals surface area contributed by atoms with Gasteiger partial charge >= 0.3 is 0 Å². The molecule has 1 aromatic carbocycles. The lowest BCUT2D eigenvalue weighted by Crippen LogP contribution is -2.23. The van der Waals surface area contributed by atoms with Crippen molar-refractivity contribution in [1.29, 1.82) is 0 Å². The van der Waals surface area contributed by atoms with Crippen LogP contribution >= 0.6 is 0 Å². The van der Waals surface area contributed by atoms with Crippen LogP contribution in [0.25, 0.3) is 0 Å². The van der Waals surface area contributed by atoms with Crippen LogP contribution in [0.2, 0.25) is 0 Å². The lowest BCUT2D eigenvalue weighted by atomic mass is 10.1. The summed E-state index contributed by atoms with van der Waals surface area (Å²) in [4.78, 5) is 18.9. The van der Waals surface area contributed by atoms with E-state index in [9.17, 15) is 4.79 Å². The van der Waals surface area contributed by atoms with Gasteiger partial charge in [-0.15, -0.1) is 0 Å². The van der Waals surface area contributed by atoms with E-state index in [0.29, 0.717) is 19.4 Å². The quantitative estimate of drug-likeness (QED) is 0.865. The Hall–Kier alpha value is -2.76. The highest BCUT2D eigenvalue weighted by atomic mass is 16.7. The van der Waals surface area contributed by atoms with E-state index < -0.39 is 0 Å². The van der Waals surface area contributed by atoms with E-state index in [2.05, 4.69) is 15.2 Å². The van der Waals surface area contributed by atoms with Crippen LogP contribution in [0.3, 0.4) is 0 Å².